The van der Waals surface area contributed by atoms with E-state index < -0.39 is 10.0 Å². The van der Waals surface area contributed by atoms with Crippen LogP contribution in [0.3, 0.4) is 0 Å². The van der Waals surface area contributed by atoms with Crippen LogP contribution < -0.4 is 0 Å². The Morgan fingerprint density at radius 3 is 2.68 bits per heavy atom. The molecule has 1 aromatic heterocycles. The second-order valence-electron chi connectivity index (χ2n) is 4.65. The molecule has 0 saturated carbocycles. The van der Waals surface area contributed by atoms with Crippen LogP contribution in [0.25, 0.3) is 0 Å². The van der Waals surface area contributed by atoms with Gasteiger partial charge < -0.3 is 0 Å². The molecule has 0 bridgehead atoms. The van der Waals surface area contributed by atoms with Crippen LogP contribution in [-0.2, 0) is 16.4 Å². The molecule has 0 spiro atoms. The maximum absolute atomic E-state index is 12.5. The molecular weight excluding hydrogens is 322 g/mol. The highest BCUT2D eigenvalue weighted by molar-refractivity contribution is 7.89. The highest BCUT2D eigenvalue weighted by Gasteiger charge is 2.23. The van der Waals surface area contributed by atoms with Gasteiger partial charge in [-0.2, -0.15) is 5.26 Å². The smallest absolute Gasteiger partial charge is 0.244 e. The molecule has 0 amide bonds. The van der Waals surface area contributed by atoms with Gasteiger partial charge in [0.2, 0.25) is 10.0 Å². The SMILES string of the molecule is CN(CCc1ccccn1)S(=O)(=O)c1ccc(C#N)cc1Cl. The van der Waals surface area contributed by atoms with Gasteiger partial charge >= 0.3 is 0 Å². The fourth-order valence-electron chi connectivity index (χ4n) is 1.89. The molecule has 0 aliphatic heterocycles. The zero-order valence-electron chi connectivity index (χ0n) is 11.9. The molecular formula is C15H14ClN3O2S. The van der Waals surface area contributed by atoms with Crippen molar-refractivity contribution in [1.29, 1.82) is 5.26 Å². The summed E-state index contributed by atoms with van der Waals surface area (Å²) in [4.78, 5) is 4.16. The zero-order valence-corrected chi connectivity index (χ0v) is 13.5. The first-order valence-electron chi connectivity index (χ1n) is 6.51. The lowest BCUT2D eigenvalue weighted by atomic mass is 10.2. The maximum atomic E-state index is 12.5. The predicted octanol–water partition coefficient (Wildman–Crippen LogP) is 2.47. The van der Waals surface area contributed by atoms with Crippen LogP contribution in [0.5, 0.6) is 0 Å². The average Bonchev–Trinajstić information content (AvgIpc) is 2.53. The highest BCUT2D eigenvalue weighted by Crippen LogP contribution is 2.25. The van der Waals surface area contributed by atoms with Gasteiger partial charge in [-0.05, 0) is 30.3 Å². The third-order valence-electron chi connectivity index (χ3n) is 3.16. The number of pyridine rings is 1. The lowest BCUT2D eigenvalue weighted by Crippen LogP contribution is -2.29. The number of benzene rings is 1. The molecule has 22 heavy (non-hydrogen) atoms. The topological polar surface area (TPSA) is 74.1 Å². The second-order valence-corrected chi connectivity index (χ2v) is 7.08. The van der Waals surface area contributed by atoms with Crippen molar-refractivity contribution < 1.29 is 8.42 Å². The van der Waals surface area contributed by atoms with Crippen molar-refractivity contribution in [1.82, 2.24) is 9.29 Å². The number of rotatable bonds is 5. The number of likely N-dealkylation sites (N-methyl/N-ethyl adjacent to an activating group) is 1. The molecule has 0 aliphatic carbocycles. The van der Waals surface area contributed by atoms with Crippen molar-refractivity contribution in [3.63, 3.8) is 0 Å². The summed E-state index contributed by atoms with van der Waals surface area (Å²) in [5.74, 6) is 0. The van der Waals surface area contributed by atoms with Crippen molar-refractivity contribution in [2.45, 2.75) is 11.3 Å². The van der Waals surface area contributed by atoms with Crippen LogP contribution in [0, 0.1) is 11.3 Å². The number of hydrogen-bond acceptors (Lipinski definition) is 4. The molecule has 0 saturated heterocycles. The summed E-state index contributed by atoms with van der Waals surface area (Å²) in [7, 11) is -2.21. The molecule has 0 radical (unpaired) electrons. The maximum Gasteiger partial charge on any atom is 0.244 e. The first kappa shape index (κ1) is 16.4. The van der Waals surface area contributed by atoms with E-state index >= 15 is 0 Å². The van der Waals surface area contributed by atoms with E-state index in [-0.39, 0.29) is 16.5 Å². The zero-order chi connectivity index (χ0) is 16.2. The van der Waals surface area contributed by atoms with Gasteiger partial charge in [0, 0.05) is 31.9 Å². The molecule has 7 heteroatoms. The average molecular weight is 336 g/mol. The Morgan fingerprint density at radius 2 is 2.09 bits per heavy atom. The molecule has 0 atom stereocenters. The number of halogens is 1. The van der Waals surface area contributed by atoms with Gasteiger partial charge in [0.25, 0.3) is 0 Å². The fraction of sp³-hybridized carbons (Fsp3) is 0.200. The second kappa shape index (κ2) is 6.88. The monoisotopic (exact) mass is 335 g/mol. The molecule has 1 heterocycles. The van der Waals surface area contributed by atoms with Gasteiger partial charge in [-0.3, -0.25) is 4.98 Å². The van der Waals surface area contributed by atoms with E-state index in [2.05, 4.69) is 4.98 Å². The van der Waals surface area contributed by atoms with E-state index in [9.17, 15) is 8.42 Å². The van der Waals surface area contributed by atoms with Crippen molar-refractivity contribution in [2.24, 2.45) is 0 Å². The molecule has 0 unspecified atom stereocenters. The fourth-order valence-corrected chi connectivity index (χ4v) is 3.57. The number of hydrogen-bond donors (Lipinski definition) is 0. The number of nitrogens with zero attached hydrogens (tertiary/aromatic N) is 3. The summed E-state index contributed by atoms with van der Waals surface area (Å²) in [6.07, 6.45) is 2.17. The van der Waals surface area contributed by atoms with Gasteiger partial charge in [-0.1, -0.05) is 17.7 Å². The summed E-state index contributed by atoms with van der Waals surface area (Å²) in [6, 6.07) is 11.6. The Labute approximate surface area is 134 Å². The summed E-state index contributed by atoms with van der Waals surface area (Å²) in [5.41, 5.74) is 1.13. The summed E-state index contributed by atoms with van der Waals surface area (Å²) >= 11 is 5.98. The van der Waals surface area contributed by atoms with Crippen molar-refractivity contribution in [2.75, 3.05) is 13.6 Å². The largest absolute Gasteiger partial charge is 0.261 e. The third kappa shape index (κ3) is 3.63. The summed E-state index contributed by atoms with van der Waals surface area (Å²) in [6.45, 7) is 0.287. The Kier molecular flexibility index (Phi) is 5.14. The quantitative estimate of drug-likeness (QED) is 0.841. The molecule has 2 aromatic rings. The van der Waals surface area contributed by atoms with E-state index in [0.717, 1.165) is 5.69 Å². The minimum absolute atomic E-state index is 0.00307. The molecule has 1 aromatic carbocycles. The van der Waals surface area contributed by atoms with Crippen molar-refractivity contribution >= 4 is 21.6 Å². The molecule has 0 fully saturated rings. The van der Waals surface area contributed by atoms with E-state index in [1.54, 1.807) is 12.3 Å². The molecule has 114 valence electrons. The Bertz CT molecular complexity index is 801. The van der Waals surface area contributed by atoms with Crippen LogP contribution in [0.2, 0.25) is 5.02 Å². The summed E-state index contributed by atoms with van der Waals surface area (Å²) < 4.78 is 26.3. The van der Waals surface area contributed by atoms with Gasteiger partial charge in [0.1, 0.15) is 4.90 Å². The predicted molar refractivity (Wildman–Crippen MR) is 83.9 cm³/mol. The van der Waals surface area contributed by atoms with Crippen LogP contribution in [0.4, 0.5) is 0 Å². The minimum atomic E-state index is -3.70. The van der Waals surface area contributed by atoms with Crippen LogP contribution in [-0.4, -0.2) is 31.3 Å². The normalized spacial score (nSPS) is 11.4. The first-order valence-corrected chi connectivity index (χ1v) is 8.33. The Hall–Kier alpha value is -1.94. The van der Waals surface area contributed by atoms with Crippen molar-refractivity contribution in [3.05, 3.63) is 58.9 Å². The third-order valence-corrected chi connectivity index (χ3v) is 5.50. The molecule has 0 N–H and O–H groups in total. The van der Waals surface area contributed by atoms with Crippen LogP contribution in [0.1, 0.15) is 11.3 Å². The standard InChI is InChI=1S/C15H14ClN3O2S/c1-19(9-7-13-4-2-3-8-18-13)22(20,21)15-6-5-12(11-17)10-14(15)16/h2-6,8,10H,7,9H2,1H3. The first-order chi connectivity index (χ1) is 10.4. The minimum Gasteiger partial charge on any atom is -0.261 e. The van der Waals surface area contributed by atoms with Gasteiger partial charge in [-0.25, -0.2) is 12.7 Å². The van der Waals surface area contributed by atoms with E-state index in [0.29, 0.717) is 12.0 Å². The lowest BCUT2D eigenvalue weighted by Gasteiger charge is -2.17. The molecule has 2 rings (SSSR count). The summed E-state index contributed by atoms with van der Waals surface area (Å²) in [5, 5.41) is 8.84. The van der Waals surface area contributed by atoms with Crippen LogP contribution in [0.15, 0.2) is 47.5 Å². The van der Waals surface area contributed by atoms with Crippen LogP contribution >= 0.6 is 11.6 Å². The van der Waals surface area contributed by atoms with E-state index in [1.807, 2.05) is 18.2 Å². The van der Waals surface area contributed by atoms with Crippen molar-refractivity contribution in [3.8, 4) is 6.07 Å². The van der Waals surface area contributed by atoms with Gasteiger partial charge in [0.15, 0.2) is 0 Å². The van der Waals surface area contributed by atoms with E-state index in [1.165, 1.54) is 29.6 Å². The number of sulfonamides is 1. The highest BCUT2D eigenvalue weighted by atomic mass is 35.5. The Morgan fingerprint density at radius 1 is 1.32 bits per heavy atom. The van der Waals surface area contributed by atoms with E-state index in [4.69, 9.17) is 16.9 Å². The van der Waals surface area contributed by atoms with Gasteiger partial charge in [-0.15, -0.1) is 0 Å². The van der Waals surface area contributed by atoms with Gasteiger partial charge in [0.05, 0.1) is 16.7 Å². The number of aromatic nitrogens is 1. The molecule has 0 aliphatic rings. The Balaban J connectivity index is 2.17. The number of nitriles is 1. The molecule has 5 nitrogen and oxygen atoms in total. The lowest BCUT2D eigenvalue weighted by molar-refractivity contribution is 0.471.